The molecule has 1 saturated heterocycles. The third-order valence-electron chi connectivity index (χ3n) is 5.02. The van der Waals surface area contributed by atoms with E-state index in [1.54, 1.807) is 0 Å². The van der Waals surface area contributed by atoms with E-state index in [0.29, 0.717) is 25.3 Å². The minimum atomic E-state index is 0. The highest BCUT2D eigenvalue weighted by Crippen LogP contribution is 2.13. The topological polar surface area (TPSA) is 85.8 Å². The summed E-state index contributed by atoms with van der Waals surface area (Å²) in [5.74, 6) is 1.09. The van der Waals surface area contributed by atoms with Gasteiger partial charge in [-0.1, -0.05) is 25.5 Å². The van der Waals surface area contributed by atoms with E-state index in [1.165, 1.54) is 0 Å². The molecule has 0 atom stereocenters. The van der Waals surface area contributed by atoms with E-state index in [4.69, 9.17) is 0 Å². The standard InChI is InChI=1S/C23H37N5O2.HI/c1-3-10-21(29)27-20-12-8-11-19(17-20)18-26-23(24-4-2)25-14-9-16-28-15-7-5-6-13-22(28)30;/h8,11-12,17H,3-7,9-10,13-16,18H2,1-2H3,(H,27,29)(H2,24,25,26);1H. The molecule has 174 valence electrons. The summed E-state index contributed by atoms with van der Waals surface area (Å²) in [6.45, 7) is 7.79. The maximum absolute atomic E-state index is 12.1. The Labute approximate surface area is 203 Å². The molecule has 0 bridgehead atoms. The molecule has 8 heteroatoms. The van der Waals surface area contributed by atoms with Gasteiger partial charge in [0.2, 0.25) is 11.8 Å². The molecular weight excluding hydrogens is 505 g/mol. The van der Waals surface area contributed by atoms with E-state index in [1.807, 2.05) is 43.0 Å². The Morgan fingerprint density at radius 1 is 1.16 bits per heavy atom. The van der Waals surface area contributed by atoms with Crippen LogP contribution in [0, 0.1) is 0 Å². The zero-order valence-electron chi connectivity index (χ0n) is 18.9. The summed E-state index contributed by atoms with van der Waals surface area (Å²) in [6.07, 6.45) is 6.24. The number of nitrogens with zero attached hydrogens (tertiary/aromatic N) is 2. The van der Waals surface area contributed by atoms with Gasteiger partial charge in [-0.15, -0.1) is 24.0 Å². The molecule has 0 aromatic heterocycles. The van der Waals surface area contributed by atoms with Gasteiger partial charge in [0.25, 0.3) is 0 Å². The van der Waals surface area contributed by atoms with Gasteiger partial charge in [-0.2, -0.15) is 0 Å². The lowest BCUT2D eigenvalue weighted by Gasteiger charge is -2.20. The molecule has 1 aliphatic rings. The molecule has 0 aliphatic carbocycles. The van der Waals surface area contributed by atoms with Crippen molar-refractivity contribution >= 4 is 47.4 Å². The number of rotatable bonds is 10. The van der Waals surface area contributed by atoms with Crippen LogP contribution in [0.3, 0.4) is 0 Å². The third kappa shape index (κ3) is 10.8. The Balaban J connectivity index is 0.00000480. The Bertz CT molecular complexity index is 711. The van der Waals surface area contributed by atoms with Gasteiger partial charge in [-0.25, -0.2) is 4.99 Å². The van der Waals surface area contributed by atoms with Crippen LogP contribution in [0.25, 0.3) is 0 Å². The molecule has 3 N–H and O–H groups in total. The number of aliphatic imine (C=N–C) groups is 1. The number of carbonyl (C=O) groups is 2. The van der Waals surface area contributed by atoms with E-state index in [9.17, 15) is 9.59 Å². The zero-order valence-corrected chi connectivity index (χ0v) is 21.2. The van der Waals surface area contributed by atoms with Gasteiger partial charge in [-0.3, -0.25) is 9.59 Å². The number of anilines is 1. The van der Waals surface area contributed by atoms with Crippen molar-refractivity contribution in [1.82, 2.24) is 15.5 Å². The number of nitrogens with one attached hydrogen (secondary N) is 3. The van der Waals surface area contributed by atoms with E-state index >= 15 is 0 Å². The Kier molecular flexibility index (Phi) is 13.9. The number of amides is 2. The first kappa shape index (κ1) is 27.2. The summed E-state index contributed by atoms with van der Waals surface area (Å²) in [5.41, 5.74) is 1.85. The van der Waals surface area contributed by atoms with Crippen molar-refractivity contribution in [3.05, 3.63) is 29.8 Å². The normalized spacial score (nSPS) is 14.5. The second-order valence-electron chi connectivity index (χ2n) is 7.67. The summed E-state index contributed by atoms with van der Waals surface area (Å²) in [7, 11) is 0. The molecule has 1 aromatic rings. The second-order valence-corrected chi connectivity index (χ2v) is 7.67. The first-order chi connectivity index (χ1) is 14.6. The number of guanidine groups is 1. The number of hydrogen-bond donors (Lipinski definition) is 3. The first-order valence-electron chi connectivity index (χ1n) is 11.3. The predicted octanol–water partition coefficient (Wildman–Crippen LogP) is 3.89. The Morgan fingerprint density at radius 2 is 2.00 bits per heavy atom. The van der Waals surface area contributed by atoms with Crippen molar-refractivity contribution in [3.8, 4) is 0 Å². The molecule has 31 heavy (non-hydrogen) atoms. The highest BCUT2D eigenvalue weighted by Gasteiger charge is 2.15. The average molecular weight is 543 g/mol. The minimum Gasteiger partial charge on any atom is -0.357 e. The lowest BCUT2D eigenvalue weighted by Crippen LogP contribution is -2.39. The largest absolute Gasteiger partial charge is 0.357 e. The van der Waals surface area contributed by atoms with E-state index in [2.05, 4.69) is 20.9 Å². The molecule has 1 aliphatic heterocycles. The molecule has 0 spiro atoms. The van der Waals surface area contributed by atoms with E-state index in [0.717, 1.165) is 75.5 Å². The van der Waals surface area contributed by atoms with Crippen molar-refractivity contribution in [1.29, 1.82) is 0 Å². The van der Waals surface area contributed by atoms with Crippen LogP contribution in [0.4, 0.5) is 5.69 Å². The van der Waals surface area contributed by atoms with Crippen LogP contribution in [0.15, 0.2) is 29.3 Å². The Morgan fingerprint density at radius 3 is 2.77 bits per heavy atom. The Hall–Kier alpha value is -1.84. The number of likely N-dealkylation sites (tertiary alicyclic amines) is 1. The maximum atomic E-state index is 12.1. The van der Waals surface area contributed by atoms with Gasteiger partial charge < -0.3 is 20.9 Å². The fraction of sp³-hybridized carbons (Fsp3) is 0.609. The minimum absolute atomic E-state index is 0. The van der Waals surface area contributed by atoms with Crippen molar-refractivity contribution in [3.63, 3.8) is 0 Å². The van der Waals surface area contributed by atoms with Crippen LogP contribution in [0.1, 0.15) is 64.4 Å². The van der Waals surface area contributed by atoms with E-state index in [-0.39, 0.29) is 29.9 Å². The summed E-state index contributed by atoms with van der Waals surface area (Å²) >= 11 is 0. The molecule has 0 saturated carbocycles. The van der Waals surface area contributed by atoms with Crippen LogP contribution in [-0.2, 0) is 16.1 Å². The number of halogens is 1. The molecule has 1 heterocycles. The van der Waals surface area contributed by atoms with Gasteiger partial charge in [0.05, 0.1) is 6.54 Å². The fourth-order valence-electron chi connectivity index (χ4n) is 3.46. The smallest absolute Gasteiger partial charge is 0.224 e. The summed E-state index contributed by atoms with van der Waals surface area (Å²) in [6, 6.07) is 7.80. The quantitative estimate of drug-likeness (QED) is 0.181. The lowest BCUT2D eigenvalue weighted by atomic mass is 10.2. The first-order valence-corrected chi connectivity index (χ1v) is 11.3. The van der Waals surface area contributed by atoms with Gasteiger partial charge in [0, 0.05) is 44.7 Å². The van der Waals surface area contributed by atoms with Crippen LogP contribution >= 0.6 is 24.0 Å². The van der Waals surface area contributed by atoms with Gasteiger partial charge >= 0.3 is 0 Å². The monoisotopic (exact) mass is 543 g/mol. The third-order valence-corrected chi connectivity index (χ3v) is 5.02. The summed E-state index contributed by atoms with van der Waals surface area (Å²) in [5, 5.41) is 9.54. The number of hydrogen-bond acceptors (Lipinski definition) is 3. The SMILES string of the molecule is CCCC(=O)Nc1cccc(CN=C(NCC)NCCCN2CCCCCC2=O)c1.I. The van der Waals surface area contributed by atoms with Crippen molar-refractivity contribution in [2.24, 2.45) is 4.99 Å². The molecule has 0 radical (unpaired) electrons. The lowest BCUT2D eigenvalue weighted by molar-refractivity contribution is -0.130. The van der Waals surface area contributed by atoms with Crippen molar-refractivity contribution in [2.75, 3.05) is 31.5 Å². The highest BCUT2D eigenvalue weighted by molar-refractivity contribution is 14.0. The summed E-state index contributed by atoms with van der Waals surface area (Å²) in [4.78, 5) is 30.5. The molecule has 2 amide bonds. The number of carbonyl (C=O) groups excluding carboxylic acids is 2. The van der Waals surface area contributed by atoms with Crippen LogP contribution in [0.2, 0.25) is 0 Å². The number of benzene rings is 1. The molecule has 2 rings (SSSR count). The highest BCUT2D eigenvalue weighted by atomic mass is 127. The van der Waals surface area contributed by atoms with Crippen molar-refractivity contribution < 1.29 is 9.59 Å². The second kappa shape index (κ2) is 15.9. The van der Waals surface area contributed by atoms with E-state index < -0.39 is 0 Å². The molecule has 1 aromatic carbocycles. The summed E-state index contributed by atoms with van der Waals surface area (Å²) < 4.78 is 0. The molecule has 0 unspecified atom stereocenters. The van der Waals surface area contributed by atoms with Gasteiger partial charge in [-0.05, 0) is 50.3 Å². The fourth-order valence-corrected chi connectivity index (χ4v) is 3.46. The van der Waals surface area contributed by atoms with Crippen molar-refractivity contribution in [2.45, 2.75) is 65.3 Å². The predicted molar refractivity (Wildman–Crippen MR) is 138 cm³/mol. The molecule has 1 fully saturated rings. The maximum Gasteiger partial charge on any atom is 0.224 e. The van der Waals surface area contributed by atoms with Crippen LogP contribution < -0.4 is 16.0 Å². The molecular formula is C23H38IN5O2. The van der Waals surface area contributed by atoms with Crippen LogP contribution in [-0.4, -0.2) is 48.9 Å². The van der Waals surface area contributed by atoms with Crippen LogP contribution in [0.5, 0.6) is 0 Å². The zero-order chi connectivity index (χ0) is 21.6. The van der Waals surface area contributed by atoms with Gasteiger partial charge in [0.1, 0.15) is 0 Å². The average Bonchev–Trinajstić information content (AvgIpc) is 2.93. The molecule has 7 nitrogen and oxygen atoms in total. The van der Waals surface area contributed by atoms with Gasteiger partial charge in [0.15, 0.2) is 5.96 Å².